The molecule has 1 aliphatic rings. The molecule has 1 unspecified atom stereocenters. The van der Waals surface area contributed by atoms with E-state index in [4.69, 9.17) is 11.6 Å². The number of aliphatic hydroxyl groups is 1. The highest BCUT2D eigenvalue weighted by atomic mass is 35.5. The van der Waals surface area contributed by atoms with Gasteiger partial charge in [0.25, 0.3) is 11.7 Å². The quantitative estimate of drug-likeness (QED) is 0.345. The fourth-order valence-electron chi connectivity index (χ4n) is 3.70. The Bertz CT molecular complexity index is 1120. The van der Waals surface area contributed by atoms with Crippen LogP contribution >= 0.6 is 11.6 Å². The number of hydrogen-bond donors (Lipinski definition) is 1. The zero-order chi connectivity index (χ0) is 21.3. The van der Waals surface area contributed by atoms with Gasteiger partial charge in [0.2, 0.25) is 0 Å². The Morgan fingerprint density at radius 3 is 2.17 bits per heavy atom. The van der Waals surface area contributed by atoms with Crippen LogP contribution in [0.4, 0.5) is 5.69 Å². The molecule has 150 valence electrons. The standard InChI is InChI=1S/C25H20ClNO3/c1-2-16-8-10-17(11-9-16)22-21(23(28)18-12-14-19(26)15-13-18)24(29)25(30)27(22)20-6-4-3-5-7-20/h3-15,22,28H,2H2,1H3/b23-21-. The number of aliphatic hydroxyl groups excluding tert-OH is 1. The Hall–Kier alpha value is -3.37. The van der Waals surface area contributed by atoms with E-state index in [0.29, 0.717) is 16.3 Å². The van der Waals surface area contributed by atoms with Crippen LogP contribution in [0, 0.1) is 0 Å². The monoisotopic (exact) mass is 417 g/mol. The summed E-state index contributed by atoms with van der Waals surface area (Å²) < 4.78 is 0. The van der Waals surface area contributed by atoms with Gasteiger partial charge in [-0.15, -0.1) is 0 Å². The van der Waals surface area contributed by atoms with E-state index in [1.807, 2.05) is 42.5 Å². The minimum Gasteiger partial charge on any atom is -0.507 e. The SMILES string of the molecule is CCc1ccc(C2/C(=C(/O)c3ccc(Cl)cc3)C(=O)C(=O)N2c2ccccc2)cc1. The molecular formula is C25H20ClNO3. The number of anilines is 1. The molecule has 30 heavy (non-hydrogen) atoms. The van der Waals surface area contributed by atoms with E-state index in [0.717, 1.165) is 17.5 Å². The first-order chi connectivity index (χ1) is 14.5. The first kappa shape index (κ1) is 19.9. The lowest BCUT2D eigenvalue weighted by atomic mass is 9.94. The lowest BCUT2D eigenvalue weighted by Crippen LogP contribution is -2.29. The van der Waals surface area contributed by atoms with Crippen molar-refractivity contribution in [3.63, 3.8) is 0 Å². The number of nitrogens with zero attached hydrogens (tertiary/aromatic N) is 1. The average molecular weight is 418 g/mol. The molecule has 0 aliphatic carbocycles. The lowest BCUT2D eigenvalue weighted by molar-refractivity contribution is -0.132. The predicted molar refractivity (Wildman–Crippen MR) is 118 cm³/mol. The number of rotatable bonds is 4. The predicted octanol–water partition coefficient (Wildman–Crippen LogP) is 5.53. The van der Waals surface area contributed by atoms with E-state index in [-0.39, 0.29) is 11.3 Å². The molecule has 4 rings (SSSR count). The molecule has 1 N–H and O–H groups in total. The minimum absolute atomic E-state index is 0.0652. The number of amides is 1. The van der Waals surface area contributed by atoms with Crippen molar-refractivity contribution in [2.75, 3.05) is 4.90 Å². The number of carbonyl (C=O) groups is 2. The van der Waals surface area contributed by atoms with Crippen LogP contribution in [0.15, 0.2) is 84.4 Å². The fourth-order valence-corrected chi connectivity index (χ4v) is 3.83. The van der Waals surface area contributed by atoms with Crippen LogP contribution in [-0.4, -0.2) is 16.8 Å². The van der Waals surface area contributed by atoms with E-state index < -0.39 is 17.7 Å². The largest absolute Gasteiger partial charge is 0.507 e. The van der Waals surface area contributed by atoms with E-state index in [2.05, 4.69) is 6.92 Å². The topological polar surface area (TPSA) is 57.6 Å². The molecule has 1 atom stereocenters. The molecule has 0 radical (unpaired) electrons. The highest BCUT2D eigenvalue weighted by molar-refractivity contribution is 6.51. The van der Waals surface area contributed by atoms with Crippen molar-refractivity contribution in [3.05, 3.63) is 106 Å². The minimum atomic E-state index is -0.728. The van der Waals surface area contributed by atoms with Crippen LogP contribution in [0.2, 0.25) is 5.02 Å². The fraction of sp³-hybridized carbons (Fsp3) is 0.120. The molecule has 5 heteroatoms. The maximum Gasteiger partial charge on any atom is 0.300 e. The van der Waals surface area contributed by atoms with Crippen molar-refractivity contribution in [2.24, 2.45) is 0 Å². The molecule has 4 nitrogen and oxygen atoms in total. The molecule has 1 saturated heterocycles. The Morgan fingerprint density at radius 2 is 1.57 bits per heavy atom. The third kappa shape index (κ3) is 3.51. The van der Waals surface area contributed by atoms with Gasteiger partial charge >= 0.3 is 0 Å². The van der Waals surface area contributed by atoms with Crippen LogP contribution in [0.1, 0.15) is 29.7 Å². The number of aryl methyl sites for hydroxylation is 1. The second-order valence-corrected chi connectivity index (χ2v) is 7.54. The van der Waals surface area contributed by atoms with Gasteiger partial charge in [-0.3, -0.25) is 14.5 Å². The van der Waals surface area contributed by atoms with Crippen LogP contribution < -0.4 is 4.90 Å². The van der Waals surface area contributed by atoms with Gasteiger partial charge in [0.05, 0.1) is 11.6 Å². The number of para-hydroxylation sites is 1. The summed E-state index contributed by atoms with van der Waals surface area (Å²) in [6.45, 7) is 2.06. The molecule has 1 amide bonds. The summed E-state index contributed by atoms with van der Waals surface area (Å²) in [6, 6.07) is 22.6. The summed E-state index contributed by atoms with van der Waals surface area (Å²) in [7, 11) is 0. The molecule has 1 aliphatic heterocycles. The number of hydrogen-bond acceptors (Lipinski definition) is 3. The lowest BCUT2D eigenvalue weighted by Gasteiger charge is -2.25. The normalized spacial score (nSPS) is 18.1. The van der Waals surface area contributed by atoms with Gasteiger partial charge in [0.15, 0.2) is 0 Å². The third-order valence-electron chi connectivity index (χ3n) is 5.30. The Morgan fingerprint density at radius 1 is 0.933 bits per heavy atom. The van der Waals surface area contributed by atoms with Crippen LogP contribution in [0.25, 0.3) is 5.76 Å². The Labute approximate surface area is 180 Å². The molecule has 1 fully saturated rings. The molecule has 1 heterocycles. The summed E-state index contributed by atoms with van der Waals surface area (Å²) in [5.74, 6) is -1.59. The highest BCUT2D eigenvalue weighted by Gasteiger charge is 2.46. The molecule has 3 aromatic carbocycles. The van der Waals surface area contributed by atoms with Crippen molar-refractivity contribution in [2.45, 2.75) is 19.4 Å². The zero-order valence-corrected chi connectivity index (χ0v) is 17.1. The second-order valence-electron chi connectivity index (χ2n) is 7.11. The van der Waals surface area contributed by atoms with Gasteiger partial charge in [0, 0.05) is 16.3 Å². The molecule has 0 saturated carbocycles. The summed E-state index contributed by atoms with van der Waals surface area (Å²) in [5.41, 5.74) is 2.99. The van der Waals surface area contributed by atoms with E-state index in [1.54, 1.807) is 36.4 Å². The average Bonchev–Trinajstić information content (AvgIpc) is 3.05. The summed E-state index contributed by atoms with van der Waals surface area (Å²) in [5, 5.41) is 11.6. The molecule has 0 aromatic heterocycles. The zero-order valence-electron chi connectivity index (χ0n) is 16.4. The first-order valence-electron chi connectivity index (χ1n) is 9.72. The van der Waals surface area contributed by atoms with Crippen molar-refractivity contribution in [3.8, 4) is 0 Å². The van der Waals surface area contributed by atoms with Gasteiger partial charge in [-0.25, -0.2) is 0 Å². The van der Waals surface area contributed by atoms with Crippen molar-refractivity contribution in [1.29, 1.82) is 0 Å². The number of ketones is 1. The summed E-state index contributed by atoms with van der Waals surface area (Å²) >= 11 is 5.96. The molecule has 0 spiro atoms. The molecule has 0 bridgehead atoms. The number of carbonyl (C=O) groups excluding carboxylic acids is 2. The van der Waals surface area contributed by atoms with E-state index in [1.165, 1.54) is 4.90 Å². The van der Waals surface area contributed by atoms with Crippen LogP contribution in [-0.2, 0) is 16.0 Å². The summed E-state index contributed by atoms with van der Waals surface area (Å²) in [4.78, 5) is 27.5. The highest BCUT2D eigenvalue weighted by Crippen LogP contribution is 2.42. The van der Waals surface area contributed by atoms with Gasteiger partial charge in [-0.1, -0.05) is 61.0 Å². The summed E-state index contributed by atoms with van der Waals surface area (Å²) in [6.07, 6.45) is 0.879. The van der Waals surface area contributed by atoms with Crippen LogP contribution in [0.5, 0.6) is 0 Å². The molecule has 3 aromatic rings. The number of halogens is 1. The van der Waals surface area contributed by atoms with E-state index >= 15 is 0 Å². The van der Waals surface area contributed by atoms with Crippen molar-refractivity contribution >= 4 is 34.7 Å². The maximum atomic E-state index is 13.0. The smallest absolute Gasteiger partial charge is 0.300 e. The van der Waals surface area contributed by atoms with Gasteiger partial charge in [-0.05, 0) is 53.9 Å². The van der Waals surface area contributed by atoms with Crippen molar-refractivity contribution in [1.82, 2.24) is 0 Å². The van der Waals surface area contributed by atoms with Crippen molar-refractivity contribution < 1.29 is 14.7 Å². The Kier molecular flexibility index (Phi) is 5.42. The first-order valence-corrected chi connectivity index (χ1v) is 10.1. The third-order valence-corrected chi connectivity index (χ3v) is 5.55. The van der Waals surface area contributed by atoms with Gasteiger partial charge < -0.3 is 5.11 Å². The second kappa shape index (κ2) is 8.17. The van der Waals surface area contributed by atoms with Gasteiger partial charge in [0.1, 0.15) is 5.76 Å². The number of Topliss-reactive ketones (excluding diaryl/α,β-unsaturated/α-hetero) is 1. The Balaban J connectivity index is 1.92. The molecular weight excluding hydrogens is 398 g/mol. The van der Waals surface area contributed by atoms with Gasteiger partial charge in [-0.2, -0.15) is 0 Å². The maximum absolute atomic E-state index is 13.0. The van der Waals surface area contributed by atoms with E-state index in [9.17, 15) is 14.7 Å². The van der Waals surface area contributed by atoms with Crippen LogP contribution in [0.3, 0.4) is 0 Å². The number of benzene rings is 3.